The van der Waals surface area contributed by atoms with Gasteiger partial charge >= 0.3 is 0 Å². The number of aryl methyl sites for hydroxylation is 1. The Morgan fingerprint density at radius 3 is 2.94 bits per heavy atom. The monoisotopic (exact) mass is 265 g/mol. The van der Waals surface area contributed by atoms with Gasteiger partial charge in [-0.05, 0) is 56.2 Å². The predicted octanol–water partition coefficient (Wildman–Crippen LogP) is 3.66. The minimum Gasteiger partial charge on any atom is -0.375 e. The van der Waals surface area contributed by atoms with Crippen molar-refractivity contribution in [2.45, 2.75) is 57.8 Å². The number of hydrogen-bond donors (Lipinski definition) is 1. The van der Waals surface area contributed by atoms with E-state index >= 15 is 0 Å². The Morgan fingerprint density at radius 2 is 2.39 bits per heavy atom. The van der Waals surface area contributed by atoms with E-state index < -0.39 is 0 Å². The molecule has 3 heterocycles. The summed E-state index contributed by atoms with van der Waals surface area (Å²) in [5, 5.41) is 6.08. The Hall–Kier alpha value is -0.380. The Morgan fingerprint density at radius 1 is 1.50 bits per heavy atom. The summed E-state index contributed by atoms with van der Waals surface area (Å²) in [6.07, 6.45) is 6.05. The van der Waals surface area contributed by atoms with E-state index in [0.29, 0.717) is 24.2 Å². The molecule has 1 N–H and O–H groups in total. The van der Waals surface area contributed by atoms with Crippen molar-refractivity contribution in [2.24, 2.45) is 5.92 Å². The van der Waals surface area contributed by atoms with Gasteiger partial charge in [0.1, 0.15) is 0 Å². The van der Waals surface area contributed by atoms with Crippen LogP contribution < -0.4 is 5.32 Å². The number of nitrogens with one attached hydrogen (secondary N) is 1. The highest BCUT2D eigenvalue weighted by Crippen LogP contribution is 2.45. The van der Waals surface area contributed by atoms with Crippen LogP contribution >= 0.6 is 11.3 Å². The molecule has 0 amide bonds. The molecule has 0 radical (unpaired) electrons. The summed E-state index contributed by atoms with van der Waals surface area (Å²) in [6.45, 7) is 5.54. The molecule has 0 aliphatic carbocycles. The SMILES string of the molecule is CCCNC(c1csc(C)c1)C1CC2CCC1O2. The molecule has 3 heteroatoms. The first-order valence-electron chi connectivity index (χ1n) is 7.21. The molecule has 2 nitrogen and oxygen atoms in total. The van der Waals surface area contributed by atoms with Crippen molar-refractivity contribution in [3.63, 3.8) is 0 Å². The van der Waals surface area contributed by atoms with Crippen molar-refractivity contribution in [3.05, 3.63) is 21.9 Å². The van der Waals surface area contributed by atoms with Crippen LogP contribution in [0.1, 0.15) is 49.1 Å². The van der Waals surface area contributed by atoms with E-state index in [1.165, 1.54) is 36.1 Å². The standard InChI is InChI=1S/C15H23NOS/c1-3-6-16-15(11-7-10(2)18-9-11)13-8-12-4-5-14(13)17-12/h7,9,12-16H,3-6,8H2,1-2H3. The largest absolute Gasteiger partial charge is 0.375 e. The molecule has 2 aliphatic rings. The normalized spacial score (nSPS) is 32.0. The van der Waals surface area contributed by atoms with E-state index in [9.17, 15) is 0 Å². The van der Waals surface area contributed by atoms with E-state index in [0.717, 1.165) is 6.54 Å². The molecule has 2 saturated heterocycles. The Bertz CT molecular complexity index is 403. The molecule has 18 heavy (non-hydrogen) atoms. The minimum absolute atomic E-state index is 0.504. The molecule has 3 rings (SSSR count). The fourth-order valence-electron chi connectivity index (χ4n) is 3.47. The predicted molar refractivity (Wildman–Crippen MR) is 76.1 cm³/mol. The van der Waals surface area contributed by atoms with Crippen LogP contribution in [0.25, 0.3) is 0 Å². The third kappa shape index (κ3) is 2.36. The number of thiophene rings is 1. The summed E-state index contributed by atoms with van der Waals surface area (Å²) < 4.78 is 6.04. The number of ether oxygens (including phenoxy) is 1. The van der Waals surface area contributed by atoms with E-state index in [4.69, 9.17) is 4.74 Å². The van der Waals surface area contributed by atoms with Crippen molar-refractivity contribution in [1.29, 1.82) is 0 Å². The molecular weight excluding hydrogens is 242 g/mol. The van der Waals surface area contributed by atoms with Crippen LogP contribution in [-0.4, -0.2) is 18.8 Å². The third-order valence-corrected chi connectivity index (χ3v) is 5.19. The topological polar surface area (TPSA) is 21.3 Å². The van der Waals surface area contributed by atoms with Crippen LogP contribution in [0, 0.1) is 12.8 Å². The molecule has 1 aromatic heterocycles. The lowest BCUT2D eigenvalue weighted by molar-refractivity contribution is 0.0857. The third-order valence-electron chi connectivity index (χ3n) is 4.31. The molecule has 4 atom stereocenters. The Balaban J connectivity index is 1.77. The van der Waals surface area contributed by atoms with Crippen molar-refractivity contribution >= 4 is 11.3 Å². The van der Waals surface area contributed by atoms with Crippen molar-refractivity contribution in [1.82, 2.24) is 5.32 Å². The van der Waals surface area contributed by atoms with Gasteiger partial charge in [-0.1, -0.05) is 6.92 Å². The van der Waals surface area contributed by atoms with Gasteiger partial charge in [0.05, 0.1) is 12.2 Å². The maximum Gasteiger partial charge on any atom is 0.0627 e. The maximum atomic E-state index is 6.04. The van der Waals surface area contributed by atoms with Gasteiger partial charge in [-0.2, -0.15) is 0 Å². The van der Waals surface area contributed by atoms with Gasteiger partial charge in [0, 0.05) is 16.8 Å². The Kier molecular flexibility index (Phi) is 3.73. The Labute approximate surface area is 114 Å². The first-order valence-corrected chi connectivity index (χ1v) is 8.09. The molecule has 0 aromatic carbocycles. The van der Waals surface area contributed by atoms with E-state index in [2.05, 4.69) is 30.6 Å². The van der Waals surface area contributed by atoms with Crippen molar-refractivity contribution < 1.29 is 4.74 Å². The highest BCUT2D eigenvalue weighted by Gasteiger charge is 2.44. The fourth-order valence-corrected chi connectivity index (χ4v) is 4.21. The number of hydrogen-bond acceptors (Lipinski definition) is 3. The van der Waals surface area contributed by atoms with Gasteiger partial charge in [-0.3, -0.25) is 0 Å². The zero-order valence-corrected chi connectivity index (χ0v) is 12.1. The van der Waals surface area contributed by atoms with Gasteiger partial charge in [-0.15, -0.1) is 11.3 Å². The molecule has 100 valence electrons. The molecular formula is C15H23NOS. The van der Waals surface area contributed by atoms with Crippen LogP contribution in [0.2, 0.25) is 0 Å². The summed E-state index contributed by atoms with van der Waals surface area (Å²) in [6, 6.07) is 2.86. The molecule has 2 fully saturated rings. The molecule has 0 saturated carbocycles. The van der Waals surface area contributed by atoms with Gasteiger partial charge in [-0.25, -0.2) is 0 Å². The summed E-state index contributed by atoms with van der Waals surface area (Å²) in [5.74, 6) is 0.685. The summed E-state index contributed by atoms with van der Waals surface area (Å²) in [5.41, 5.74) is 1.48. The second-order valence-corrected chi connectivity index (χ2v) is 6.81. The van der Waals surface area contributed by atoms with E-state index in [1.807, 2.05) is 11.3 Å². The summed E-state index contributed by atoms with van der Waals surface area (Å²) >= 11 is 1.86. The quantitative estimate of drug-likeness (QED) is 0.877. The molecule has 2 bridgehead atoms. The number of rotatable bonds is 5. The van der Waals surface area contributed by atoms with Crippen LogP contribution in [0.4, 0.5) is 0 Å². The minimum atomic E-state index is 0.504. The zero-order valence-electron chi connectivity index (χ0n) is 11.3. The lowest BCUT2D eigenvalue weighted by atomic mass is 9.81. The van der Waals surface area contributed by atoms with Crippen LogP contribution in [0.5, 0.6) is 0 Å². The smallest absolute Gasteiger partial charge is 0.0627 e. The highest BCUT2D eigenvalue weighted by atomic mass is 32.1. The van der Waals surface area contributed by atoms with Crippen molar-refractivity contribution in [2.75, 3.05) is 6.54 Å². The fraction of sp³-hybridized carbons (Fsp3) is 0.733. The van der Waals surface area contributed by atoms with Gasteiger partial charge in [0.25, 0.3) is 0 Å². The molecule has 4 unspecified atom stereocenters. The van der Waals surface area contributed by atoms with Gasteiger partial charge in [0.2, 0.25) is 0 Å². The van der Waals surface area contributed by atoms with Crippen LogP contribution in [0.3, 0.4) is 0 Å². The average molecular weight is 265 g/mol. The first kappa shape index (κ1) is 12.6. The molecule has 1 aromatic rings. The summed E-state index contributed by atoms with van der Waals surface area (Å²) in [4.78, 5) is 1.41. The van der Waals surface area contributed by atoms with Crippen molar-refractivity contribution in [3.8, 4) is 0 Å². The summed E-state index contributed by atoms with van der Waals surface area (Å²) in [7, 11) is 0. The van der Waals surface area contributed by atoms with Crippen LogP contribution in [0.15, 0.2) is 11.4 Å². The van der Waals surface area contributed by atoms with Crippen LogP contribution in [-0.2, 0) is 4.74 Å². The lowest BCUT2D eigenvalue weighted by Gasteiger charge is -2.29. The zero-order chi connectivity index (χ0) is 12.5. The highest BCUT2D eigenvalue weighted by molar-refractivity contribution is 7.10. The van der Waals surface area contributed by atoms with Gasteiger partial charge in [0.15, 0.2) is 0 Å². The maximum absolute atomic E-state index is 6.04. The van der Waals surface area contributed by atoms with E-state index in [1.54, 1.807) is 0 Å². The number of fused-ring (bicyclic) bond motifs is 2. The van der Waals surface area contributed by atoms with E-state index in [-0.39, 0.29) is 0 Å². The second kappa shape index (κ2) is 5.32. The van der Waals surface area contributed by atoms with Gasteiger partial charge < -0.3 is 10.1 Å². The molecule has 0 spiro atoms. The second-order valence-electron chi connectivity index (χ2n) is 5.70. The first-order chi connectivity index (χ1) is 8.78. The lowest BCUT2D eigenvalue weighted by Crippen LogP contribution is -2.34. The average Bonchev–Trinajstić information content (AvgIpc) is 3.06. The molecule has 2 aliphatic heterocycles.